The largest absolute Gasteiger partial charge is 0.388 e. The molecule has 2 N–H and O–H groups in total. The SMILES string of the molecule is CCc1ccc(C(CC)NCC(C)(O)CSC)cc1. The van der Waals surface area contributed by atoms with Crippen molar-refractivity contribution >= 4 is 11.8 Å². The third kappa shape index (κ3) is 5.55. The van der Waals surface area contributed by atoms with Crippen molar-refractivity contribution in [2.75, 3.05) is 18.6 Å². The normalized spacial score (nSPS) is 16.1. The number of rotatable bonds is 8. The van der Waals surface area contributed by atoms with Gasteiger partial charge < -0.3 is 10.4 Å². The first-order valence-corrected chi connectivity index (χ1v) is 8.45. The van der Waals surface area contributed by atoms with E-state index in [1.807, 2.05) is 13.2 Å². The molecule has 2 nitrogen and oxygen atoms in total. The minimum Gasteiger partial charge on any atom is -0.388 e. The molecule has 0 spiro atoms. The van der Waals surface area contributed by atoms with Gasteiger partial charge in [-0.25, -0.2) is 0 Å². The average molecular weight is 281 g/mol. The molecule has 0 heterocycles. The molecule has 0 fully saturated rings. The second kappa shape index (κ2) is 7.93. The molecule has 0 saturated heterocycles. The van der Waals surface area contributed by atoms with Gasteiger partial charge in [0.25, 0.3) is 0 Å². The Morgan fingerprint density at radius 2 is 1.89 bits per heavy atom. The van der Waals surface area contributed by atoms with Crippen LogP contribution in [-0.4, -0.2) is 29.3 Å². The highest BCUT2D eigenvalue weighted by molar-refractivity contribution is 7.98. The van der Waals surface area contributed by atoms with Crippen molar-refractivity contribution in [1.82, 2.24) is 5.32 Å². The predicted molar refractivity (Wildman–Crippen MR) is 85.9 cm³/mol. The predicted octanol–water partition coefficient (Wildman–Crippen LogP) is 3.40. The van der Waals surface area contributed by atoms with Crippen molar-refractivity contribution in [1.29, 1.82) is 0 Å². The Bertz CT molecular complexity index is 362. The van der Waals surface area contributed by atoms with E-state index in [9.17, 15) is 5.11 Å². The first-order chi connectivity index (χ1) is 9.02. The first kappa shape index (κ1) is 16.5. The molecule has 0 radical (unpaired) electrons. The number of aryl methyl sites for hydroxylation is 1. The Morgan fingerprint density at radius 3 is 2.37 bits per heavy atom. The minimum atomic E-state index is -0.643. The summed E-state index contributed by atoms with van der Waals surface area (Å²) in [4.78, 5) is 0. The highest BCUT2D eigenvalue weighted by Crippen LogP contribution is 2.19. The van der Waals surface area contributed by atoms with Crippen LogP contribution in [-0.2, 0) is 6.42 Å². The molecule has 0 aliphatic carbocycles. The van der Waals surface area contributed by atoms with E-state index in [-0.39, 0.29) is 0 Å². The fourth-order valence-corrected chi connectivity index (χ4v) is 2.91. The topological polar surface area (TPSA) is 32.3 Å². The Hall–Kier alpha value is -0.510. The molecule has 0 amide bonds. The van der Waals surface area contributed by atoms with E-state index in [4.69, 9.17) is 0 Å². The molecule has 0 aromatic heterocycles. The highest BCUT2D eigenvalue weighted by atomic mass is 32.2. The maximum atomic E-state index is 10.2. The number of hydrogen-bond donors (Lipinski definition) is 2. The molecular weight excluding hydrogens is 254 g/mol. The summed E-state index contributed by atoms with van der Waals surface area (Å²) < 4.78 is 0. The summed E-state index contributed by atoms with van der Waals surface area (Å²) >= 11 is 1.68. The Kier molecular flexibility index (Phi) is 6.90. The van der Waals surface area contributed by atoms with E-state index in [1.165, 1.54) is 11.1 Å². The van der Waals surface area contributed by atoms with Gasteiger partial charge in [-0.3, -0.25) is 0 Å². The van der Waals surface area contributed by atoms with Crippen LogP contribution in [0.5, 0.6) is 0 Å². The van der Waals surface area contributed by atoms with Crippen molar-refractivity contribution in [2.45, 2.75) is 45.3 Å². The van der Waals surface area contributed by atoms with E-state index in [1.54, 1.807) is 11.8 Å². The van der Waals surface area contributed by atoms with E-state index in [2.05, 4.69) is 43.4 Å². The van der Waals surface area contributed by atoms with Crippen LogP contribution in [0.25, 0.3) is 0 Å². The lowest BCUT2D eigenvalue weighted by atomic mass is 10.0. The maximum absolute atomic E-state index is 10.2. The summed E-state index contributed by atoms with van der Waals surface area (Å²) in [7, 11) is 0. The fourth-order valence-electron chi connectivity index (χ4n) is 2.19. The van der Waals surface area contributed by atoms with Crippen molar-refractivity contribution in [3.63, 3.8) is 0 Å². The van der Waals surface area contributed by atoms with Gasteiger partial charge in [0.15, 0.2) is 0 Å². The van der Waals surface area contributed by atoms with E-state index in [0.717, 1.165) is 18.6 Å². The lowest BCUT2D eigenvalue weighted by Crippen LogP contribution is -2.41. The number of benzene rings is 1. The molecule has 1 rings (SSSR count). The second-order valence-electron chi connectivity index (χ2n) is 5.37. The van der Waals surface area contributed by atoms with Crippen LogP contribution >= 0.6 is 11.8 Å². The van der Waals surface area contributed by atoms with Crippen LogP contribution in [0.2, 0.25) is 0 Å². The standard InChI is InChI=1S/C16H27NOS/c1-5-13-7-9-14(10-8-13)15(6-2)17-11-16(3,18)12-19-4/h7-10,15,17-18H,5-6,11-12H2,1-4H3. The zero-order chi connectivity index (χ0) is 14.3. The lowest BCUT2D eigenvalue weighted by Gasteiger charge is -2.26. The molecule has 0 aliphatic rings. The third-order valence-corrected chi connectivity index (χ3v) is 4.29. The van der Waals surface area contributed by atoms with Crippen molar-refractivity contribution < 1.29 is 5.11 Å². The van der Waals surface area contributed by atoms with Crippen LogP contribution in [0.15, 0.2) is 24.3 Å². The summed E-state index contributed by atoms with van der Waals surface area (Å²) in [5, 5.41) is 13.7. The van der Waals surface area contributed by atoms with Crippen molar-refractivity contribution in [2.24, 2.45) is 0 Å². The van der Waals surface area contributed by atoms with Gasteiger partial charge in [-0.1, -0.05) is 38.1 Å². The Labute approximate surface area is 122 Å². The monoisotopic (exact) mass is 281 g/mol. The molecule has 0 saturated carbocycles. The highest BCUT2D eigenvalue weighted by Gasteiger charge is 2.21. The van der Waals surface area contributed by atoms with Gasteiger partial charge >= 0.3 is 0 Å². The fraction of sp³-hybridized carbons (Fsp3) is 0.625. The lowest BCUT2D eigenvalue weighted by molar-refractivity contribution is 0.0812. The van der Waals surface area contributed by atoms with Crippen LogP contribution in [0, 0.1) is 0 Å². The summed E-state index contributed by atoms with van der Waals surface area (Å²) in [6.45, 7) is 6.87. The third-order valence-electron chi connectivity index (χ3n) is 3.38. The van der Waals surface area contributed by atoms with Crippen LogP contribution in [0.4, 0.5) is 0 Å². The van der Waals surface area contributed by atoms with Gasteiger partial charge in [-0.2, -0.15) is 11.8 Å². The van der Waals surface area contributed by atoms with Gasteiger partial charge in [0.1, 0.15) is 0 Å². The first-order valence-electron chi connectivity index (χ1n) is 7.06. The number of thioether (sulfide) groups is 1. The molecule has 1 aromatic rings. The minimum absolute atomic E-state index is 0.319. The van der Waals surface area contributed by atoms with Gasteiger partial charge in [0.2, 0.25) is 0 Å². The van der Waals surface area contributed by atoms with Crippen LogP contribution in [0.1, 0.15) is 44.4 Å². The smallest absolute Gasteiger partial charge is 0.0833 e. The Balaban J connectivity index is 2.62. The van der Waals surface area contributed by atoms with Gasteiger partial charge in [0, 0.05) is 18.3 Å². The summed E-state index contributed by atoms with van der Waals surface area (Å²) in [6, 6.07) is 9.10. The molecule has 1 aromatic carbocycles. The Morgan fingerprint density at radius 1 is 1.26 bits per heavy atom. The van der Waals surface area contributed by atoms with Crippen molar-refractivity contribution in [3.05, 3.63) is 35.4 Å². The molecular formula is C16H27NOS. The van der Waals surface area contributed by atoms with Gasteiger partial charge in [0.05, 0.1) is 5.60 Å². The zero-order valence-corrected chi connectivity index (χ0v) is 13.4. The average Bonchev–Trinajstić information content (AvgIpc) is 2.40. The molecule has 19 heavy (non-hydrogen) atoms. The van der Waals surface area contributed by atoms with E-state index >= 15 is 0 Å². The zero-order valence-electron chi connectivity index (χ0n) is 12.6. The maximum Gasteiger partial charge on any atom is 0.0833 e. The van der Waals surface area contributed by atoms with Crippen LogP contribution in [0.3, 0.4) is 0 Å². The van der Waals surface area contributed by atoms with Crippen LogP contribution < -0.4 is 5.32 Å². The number of aliphatic hydroxyl groups is 1. The van der Waals surface area contributed by atoms with E-state index < -0.39 is 5.60 Å². The molecule has 0 bridgehead atoms. The number of hydrogen-bond acceptors (Lipinski definition) is 3. The van der Waals surface area contributed by atoms with Gasteiger partial charge in [-0.05, 0) is 37.1 Å². The summed E-state index contributed by atoms with van der Waals surface area (Å²) in [5.74, 6) is 0.755. The molecule has 3 heteroatoms. The van der Waals surface area contributed by atoms with E-state index in [0.29, 0.717) is 12.6 Å². The summed E-state index contributed by atoms with van der Waals surface area (Å²) in [6.07, 6.45) is 4.13. The quantitative estimate of drug-likeness (QED) is 0.766. The molecule has 2 unspecified atom stereocenters. The second-order valence-corrected chi connectivity index (χ2v) is 6.23. The molecule has 2 atom stereocenters. The van der Waals surface area contributed by atoms with Crippen molar-refractivity contribution in [3.8, 4) is 0 Å². The number of nitrogens with one attached hydrogen (secondary N) is 1. The van der Waals surface area contributed by atoms with Gasteiger partial charge in [-0.15, -0.1) is 0 Å². The summed E-state index contributed by atoms with van der Waals surface area (Å²) in [5.41, 5.74) is 2.03. The molecule has 108 valence electrons. The molecule has 0 aliphatic heterocycles.